The van der Waals surface area contributed by atoms with E-state index in [1.165, 1.54) is 5.56 Å². The molecule has 2 heterocycles. The lowest BCUT2D eigenvalue weighted by Crippen LogP contribution is -2.71. The van der Waals surface area contributed by atoms with Crippen LogP contribution in [0, 0.1) is 0 Å². The molecule has 1 aromatic carbocycles. The number of nitrogens with zero attached hydrogens (tertiary/aromatic N) is 1. The molecule has 2 fully saturated rings. The monoisotopic (exact) mass is 315 g/mol. The van der Waals surface area contributed by atoms with Crippen molar-refractivity contribution in [1.29, 1.82) is 0 Å². The van der Waals surface area contributed by atoms with Crippen molar-refractivity contribution >= 4 is 5.78 Å². The number of fused-ring (bicyclic) bond motifs is 2. The second-order valence-electron chi connectivity index (χ2n) is 7.48. The molecule has 1 saturated carbocycles. The number of methoxy groups -OCH3 is 1. The Kier molecular flexibility index (Phi) is 2.34. The van der Waals surface area contributed by atoms with Crippen LogP contribution in [0.25, 0.3) is 0 Å². The van der Waals surface area contributed by atoms with E-state index in [9.17, 15) is 9.90 Å². The Morgan fingerprint density at radius 2 is 2.22 bits per heavy atom. The van der Waals surface area contributed by atoms with Crippen molar-refractivity contribution in [1.82, 2.24) is 4.90 Å². The van der Waals surface area contributed by atoms with E-state index in [-0.39, 0.29) is 17.9 Å². The maximum absolute atomic E-state index is 12.6. The maximum atomic E-state index is 12.6. The average Bonchev–Trinajstić information content (AvgIpc) is 3.06. The molecule has 0 aromatic heterocycles. The van der Waals surface area contributed by atoms with Gasteiger partial charge in [0.15, 0.2) is 23.4 Å². The first kappa shape index (κ1) is 13.8. The summed E-state index contributed by atoms with van der Waals surface area (Å²) in [4.78, 5) is 14.9. The van der Waals surface area contributed by atoms with Gasteiger partial charge in [-0.05, 0) is 38.4 Å². The van der Waals surface area contributed by atoms with Gasteiger partial charge in [-0.3, -0.25) is 9.69 Å². The normalized spacial score (nSPS) is 43.3. The lowest BCUT2D eigenvalue weighted by molar-refractivity contribution is -0.182. The zero-order chi connectivity index (χ0) is 16.1. The zero-order valence-electron chi connectivity index (χ0n) is 13.6. The summed E-state index contributed by atoms with van der Waals surface area (Å²) in [6, 6.07) is 4.20. The molecule has 1 unspecified atom stereocenters. The first-order chi connectivity index (χ1) is 11.0. The zero-order valence-corrected chi connectivity index (χ0v) is 13.6. The molecule has 23 heavy (non-hydrogen) atoms. The number of piperidine rings is 1. The lowest BCUT2D eigenvalue weighted by Gasteiger charge is -2.57. The summed E-state index contributed by atoms with van der Waals surface area (Å²) >= 11 is 0. The van der Waals surface area contributed by atoms with Crippen molar-refractivity contribution in [3.63, 3.8) is 0 Å². The van der Waals surface area contributed by atoms with Crippen molar-refractivity contribution in [3.8, 4) is 11.5 Å². The van der Waals surface area contributed by atoms with Gasteiger partial charge in [-0.15, -0.1) is 0 Å². The number of likely N-dealkylation sites (N-methyl/N-ethyl adjacent to an activating group) is 1. The maximum Gasteiger partial charge on any atom is 0.174 e. The number of benzene rings is 1. The van der Waals surface area contributed by atoms with Crippen LogP contribution >= 0.6 is 0 Å². The molecule has 5 nitrogen and oxygen atoms in total. The minimum atomic E-state index is -0.945. The van der Waals surface area contributed by atoms with Crippen molar-refractivity contribution in [2.24, 2.45) is 0 Å². The molecule has 1 spiro atoms. The number of Topliss-reactive ketones (excluding diaryl/α,β-unsaturated/α-hetero) is 1. The Morgan fingerprint density at radius 1 is 1.43 bits per heavy atom. The topological polar surface area (TPSA) is 59.0 Å². The van der Waals surface area contributed by atoms with Gasteiger partial charge in [-0.2, -0.15) is 0 Å². The van der Waals surface area contributed by atoms with Crippen LogP contribution in [0.1, 0.15) is 43.4 Å². The van der Waals surface area contributed by atoms with Gasteiger partial charge in [0.25, 0.3) is 0 Å². The van der Waals surface area contributed by atoms with E-state index in [0.29, 0.717) is 24.3 Å². The first-order valence-electron chi connectivity index (χ1n) is 8.31. The molecule has 2 bridgehead atoms. The first-order valence-corrected chi connectivity index (χ1v) is 8.31. The predicted molar refractivity (Wildman–Crippen MR) is 82.9 cm³/mol. The number of ketones is 1. The summed E-state index contributed by atoms with van der Waals surface area (Å²) in [6.07, 6.45) is 1.04. The van der Waals surface area contributed by atoms with Crippen molar-refractivity contribution in [2.75, 3.05) is 14.2 Å². The molecule has 4 aliphatic rings. The third-order valence-corrected chi connectivity index (χ3v) is 6.99. The fourth-order valence-electron chi connectivity index (χ4n) is 5.75. The van der Waals surface area contributed by atoms with Crippen molar-refractivity contribution < 1.29 is 19.4 Å². The Labute approximate surface area is 135 Å². The molecule has 1 saturated heterocycles. The molecule has 5 heteroatoms. The molecule has 0 radical (unpaired) electrons. The van der Waals surface area contributed by atoms with E-state index in [1.54, 1.807) is 7.11 Å². The van der Waals surface area contributed by atoms with Gasteiger partial charge in [0.1, 0.15) is 0 Å². The summed E-state index contributed by atoms with van der Waals surface area (Å²) in [7, 11) is 3.69. The van der Waals surface area contributed by atoms with Crippen molar-refractivity contribution in [2.45, 2.75) is 55.4 Å². The highest BCUT2D eigenvalue weighted by molar-refractivity contribution is 5.90. The Morgan fingerprint density at radius 3 is 2.96 bits per heavy atom. The largest absolute Gasteiger partial charge is 0.493 e. The van der Waals surface area contributed by atoms with Crippen LogP contribution in [0.15, 0.2) is 12.1 Å². The average molecular weight is 315 g/mol. The second-order valence-corrected chi connectivity index (χ2v) is 7.48. The fourth-order valence-corrected chi connectivity index (χ4v) is 5.75. The summed E-state index contributed by atoms with van der Waals surface area (Å²) in [5, 5.41) is 11.7. The second kappa shape index (κ2) is 3.90. The van der Waals surface area contributed by atoms with Gasteiger partial charge < -0.3 is 14.6 Å². The summed E-state index contributed by atoms with van der Waals surface area (Å²) < 4.78 is 11.6. The molecular formula is C18H21NO4. The van der Waals surface area contributed by atoms with Gasteiger partial charge in [-0.25, -0.2) is 0 Å². The van der Waals surface area contributed by atoms with Crippen LogP contribution in [0.5, 0.6) is 11.5 Å². The minimum absolute atomic E-state index is 0.0233. The van der Waals surface area contributed by atoms with E-state index in [1.807, 2.05) is 6.07 Å². The predicted octanol–water partition coefficient (Wildman–Crippen LogP) is 1.57. The van der Waals surface area contributed by atoms with E-state index < -0.39 is 17.1 Å². The third-order valence-electron chi connectivity index (χ3n) is 6.99. The van der Waals surface area contributed by atoms with E-state index in [2.05, 4.69) is 24.9 Å². The van der Waals surface area contributed by atoms with Crippen LogP contribution in [0.4, 0.5) is 0 Å². The van der Waals surface area contributed by atoms with Gasteiger partial charge in [0.2, 0.25) is 0 Å². The number of likely N-dealkylation sites (tertiary alicyclic amines) is 1. The molecule has 5 atom stereocenters. The van der Waals surface area contributed by atoms with Crippen LogP contribution < -0.4 is 9.47 Å². The number of hydrogen-bond acceptors (Lipinski definition) is 5. The minimum Gasteiger partial charge on any atom is -0.493 e. The van der Waals surface area contributed by atoms with Crippen LogP contribution in [0.3, 0.4) is 0 Å². The molecule has 122 valence electrons. The number of hydrogen-bond donors (Lipinski definition) is 1. The third kappa shape index (κ3) is 1.22. The summed E-state index contributed by atoms with van der Waals surface area (Å²) in [5.41, 5.74) is 0.652. The molecule has 2 aliphatic carbocycles. The number of carbonyl (C=O) groups is 1. The Hall–Kier alpha value is -1.59. The highest BCUT2D eigenvalue weighted by atomic mass is 16.5. The standard InChI is InChI=1S/C18H21NO4/c1-9-18(21)7-6-12(20)16-17(18)8-11(19(9)2)10-4-5-13(22-3)15(23-16)14(10)17/h4-5,9,11,16,21H,6-8H2,1-3H3/t9-,11?,16+,17+,18-/m1/s1. The summed E-state index contributed by atoms with van der Waals surface area (Å²) in [5.74, 6) is 1.44. The molecular weight excluding hydrogens is 294 g/mol. The molecule has 1 aromatic rings. The van der Waals surface area contributed by atoms with Gasteiger partial charge in [0.05, 0.1) is 18.1 Å². The number of aliphatic hydroxyl groups is 1. The van der Waals surface area contributed by atoms with Crippen LogP contribution in [0.2, 0.25) is 0 Å². The summed E-state index contributed by atoms with van der Waals surface area (Å²) in [6.45, 7) is 2.07. The molecule has 5 rings (SSSR count). The highest BCUT2D eigenvalue weighted by Crippen LogP contribution is 2.69. The van der Waals surface area contributed by atoms with Crippen molar-refractivity contribution in [3.05, 3.63) is 23.3 Å². The Balaban J connectivity index is 1.88. The number of ether oxygens (including phenoxy) is 2. The molecule has 2 aliphatic heterocycles. The quantitative estimate of drug-likeness (QED) is 0.852. The number of carbonyl (C=O) groups excluding carboxylic acids is 1. The fraction of sp³-hybridized carbons (Fsp3) is 0.611. The van der Waals surface area contributed by atoms with Gasteiger partial charge in [0, 0.05) is 24.1 Å². The Bertz CT molecular complexity index is 747. The lowest BCUT2D eigenvalue weighted by atomic mass is 9.55. The number of rotatable bonds is 1. The highest BCUT2D eigenvalue weighted by Gasteiger charge is 2.74. The van der Waals surface area contributed by atoms with E-state index in [4.69, 9.17) is 9.47 Å². The van der Waals surface area contributed by atoms with E-state index >= 15 is 0 Å². The smallest absolute Gasteiger partial charge is 0.174 e. The SMILES string of the molecule is COc1ccc2c3c1O[C@H]1C(=O)CC[C@@]4(O)[C@@H](C)N(C)C2C[C@]314. The van der Waals surface area contributed by atoms with Crippen LogP contribution in [-0.2, 0) is 10.2 Å². The molecule has 1 N–H and O–H groups in total. The van der Waals surface area contributed by atoms with Gasteiger partial charge in [-0.1, -0.05) is 6.07 Å². The van der Waals surface area contributed by atoms with Gasteiger partial charge >= 0.3 is 0 Å². The van der Waals surface area contributed by atoms with E-state index in [0.717, 1.165) is 12.0 Å². The molecule has 0 amide bonds. The van der Waals surface area contributed by atoms with Crippen LogP contribution in [-0.4, -0.2) is 47.7 Å².